The van der Waals surface area contributed by atoms with Gasteiger partial charge in [-0.05, 0) is 19.9 Å². The van der Waals surface area contributed by atoms with Crippen molar-refractivity contribution in [1.29, 1.82) is 0 Å². The lowest BCUT2D eigenvalue weighted by Gasteiger charge is -2.14. The molecule has 0 unspecified atom stereocenters. The molecule has 1 amide bonds. The van der Waals surface area contributed by atoms with Crippen molar-refractivity contribution in [2.45, 2.75) is 26.2 Å². The van der Waals surface area contributed by atoms with Crippen molar-refractivity contribution in [2.24, 2.45) is 5.41 Å². The van der Waals surface area contributed by atoms with Crippen LogP contribution in [0.2, 0.25) is 0 Å². The summed E-state index contributed by atoms with van der Waals surface area (Å²) in [4.78, 5) is 11.0. The van der Waals surface area contributed by atoms with Gasteiger partial charge in [0, 0.05) is 24.9 Å². The fraction of sp³-hybridized carbons (Fsp3) is 0.889. The van der Waals surface area contributed by atoms with Crippen molar-refractivity contribution in [3.8, 4) is 0 Å². The molecule has 2 N–H and O–H groups in total. The molecular weight excluding hydrogens is 152 g/mol. The Hall–Kier alpha value is -0.570. The van der Waals surface area contributed by atoms with Gasteiger partial charge in [0.1, 0.15) is 0 Å². The standard InChI is InChI=1S/C9H18N2O/c1-3-8(12)11-7-9(4-5-9)6-10-2/h10H,3-7H2,1-2H3,(H,11,12). The minimum atomic E-state index is 0.164. The van der Waals surface area contributed by atoms with Crippen molar-refractivity contribution in [1.82, 2.24) is 10.6 Å². The monoisotopic (exact) mass is 170 g/mol. The van der Waals surface area contributed by atoms with E-state index in [1.54, 1.807) is 0 Å². The zero-order valence-corrected chi connectivity index (χ0v) is 7.94. The Morgan fingerprint density at radius 2 is 2.08 bits per heavy atom. The van der Waals surface area contributed by atoms with Crippen LogP contribution in [0.5, 0.6) is 0 Å². The van der Waals surface area contributed by atoms with Crippen LogP contribution < -0.4 is 10.6 Å². The third kappa shape index (κ3) is 2.48. The normalized spacial score (nSPS) is 18.8. The lowest BCUT2D eigenvalue weighted by Crippen LogP contribution is -2.34. The third-order valence-electron chi connectivity index (χ3n) is 2.49. The Balaban J connectivity index is 2.17. The van der Waals surface area contributed by atoms with Crippen LogP contribution in [0, 0.1) is 5.41 Å². The second kappa shape index (κ2) is 3.90. The van der Waals surface area contributed by atoms with E-state index in [0.717, 1.165) is 13.1 Å². The zero-order chi connectivity index (χ0) is 9.03. The van der Waals surface area contributed by atoms with Crippen LogP contribution in [-0.2, 0) is 4.79 Å². The predicted molar refractivity (Wildman–Crippen MR) is 48.9 cm³/mol. The summed E-state index contributed by atoms with van der Waals surface area (Å²) in [6, 6.07) is 0. The Kier molecular flexibility index (Phi) is 3.09. The molecule has 0 bridgehead atoms. The molecule has 0 radical (unpaired) electrons. The zero-order valence-electron chi connectivity index (χ0n) is 7.94. The fourth-order valence-corrected chi connectivity index (χ4v) is 1.38. The van der Waals surface area contributed by atoms with Crippen molar-refractivity contribution >= 4 is 5.91 Å². The van der Waals surface area contributed by atoms with Gasteiger partial charge in [0.15, 0.2) is 0 Å². The highest BCUT2D eigenvalue weighted by atomic mass is 16.1. The van der Waals surface area contributed by atoms with E-state index >= 15 is 0 Å². The molecule has 3 nitrogen and oxygen atoms in total. The van der Waals surface area contributed by atoms with E-state index in [1.807, 2.05) is 14.0 Å². The summed E-state index contributed by atoms with van der Waals surface area (Å²) >= 11 is 0. The highest BCUT2D eigenvalue weighted by Gasteiger charge is 2.41. The molecule has 3 heteroatoms. The molecule has 70 valence electrons. The van der Waals surface area contributed by atoms with Gasteiger partial charge in [-0.1, -0.05) is 6.92 Å². The molecular formula is C9H18N2O. The van der Waals surface area contributed by atoms with Crippen molar-refractivity contribution in [2.75, 3.05) is 20.1 Å². The van der Waals surface area contributed by atoms with Gasteiger partial charge in [-0.15, -0.1) is 0 Å². The largest absolute Gasteiger partial charge is 0.356 e. The van der Waals surface area contributed by atoms with E-state index in [4.69, 9.17) is 0 Å². The molecule has 0 aromatic carbocycles. The number of nitrogens with one attached hydrogen (secondary N) is 2. The molecule has 0 saturated heterocycles. The summed E-state index contributed by atoms with van der Waals surface area (Å²) < 4.78 is 0. The molecule has 1 aliphatic rings. The Morgan fingerprint density at radius 3 is 2.50 bits per heavy atom. The first-order valence-electron chi connectivity index (χ1n) is 4.64. The van der Waals surface area contributed by atoms with Gasteiger partial charge in [0.25, 0.3) is 0 Å². The summed E-state index contributed by atoms with van der Waals surface area (Å²) in [5.74, 6) is 0.164. The summed E-state index contributed by atoms with van der Waals surface area (Å²) in [6.45, 7) is 3.75. The fourth-order valence-electron chi connectivity index (χ4n) is 1.38. The van der Waals surface area contributed by atoms with Crippen LogP contribution in [0.3, 0.4) is 0 Å². The molecule has 12 heavy (non-hydrogen) atoms. The van der Waals surface area contributed by atoms with Gasteiger partial charge < -0.3 is 10.6 Å². The number of rotatable bonds is 5. The highest BCUT2D eigenvalue weighted by molar-refractivity contribution is 5.75. The molecule has 1 fully saturated rings. The molecule has 0 aromatic heterocycles. The first-order chi connectivity index (χ1) is 5.72. The van der Waals surface area contributed by atoms with Gasteiger partial charge in [-0.3, -0.25) is 4.79 Å². The van der Waals surface area contributed by atoms with E-state index in [-0.39, 0.29) is 5.91 Å². The van der Waals surface area contributed by atoms with E-state index < -0.39 is 0 Å². The van der Waals surface area contributed by atoms with E-state index in [1.165, 1.54) is 12.8 Å². The van der Waals surface area contributed by atoms with E-state index in [9.17, 15) is 4.79 Å². The van der Waals surface area contributed by atoms with Crippen LogP contribution in [0.4, 0.5) is 0 Å². The first-order valence-corrected chi connectivity index (χ1v) is 4.64. The minimum absolute atomic E-state index is 0.164. The summed E-state index contributed by atoms with van der Waals surface area (Å²) in [6.07, 6.45) is 3.09. The average Bonchev–Trinajstić information content (AvgIpc) is 2.82. The smallest absolute Gasteiger partial charge is 0.219 e. The SMILES string of the molecule is CCC(=O)NCC1(CNC)CC1. The van der Waals surface area contributed by atoms with Gasteiger partial charge in [0.05, 0.1) is 0 Å². The summed E-state index contributed by atoms with van der Waals surface area (Å²) in [7, 11) is 1.96. The second-order valence-corrected chi connectivity index (χ2v) is 3.66. The van der Waals surface area contributed by atoms with Crippen molar-refractivity contribution in [3.63, 3.8) is 0 Å². The van der Waals surface area contributed by atoms with Crippen LogP contribution >= 0.6 is 0 Å². The Morgan fingerprint density at radius 1 is 1.42 bits per heavy atom. The molecule has 0 atom stereocenters. The number of carbonyl (C=O) groups excluding carboxylic acids is 1. The number of hydrogen-bond donors (Lipinski definition) is 2. The van der Waals surface area contributed by atoms with Crippen LogP contribution in [0.15, 0.2) is 0 Å². The van der Waals surface area contributed by atoms with Gasteiger partial charge in [0.2, 0.25) is 5.91 Å². The lowest BCUT2D eigenvalue weighted by molar-refractivity contribution is -0.121. The first kappa shape index (κ1) is 9.52. The summed E-state index contributed by atoms with van der Waals surface area (Å²) in [5, 5.41) is 6.10. The molecule has 0 spiro atoms. The van der Waals surface area contributed by atoms with Crippen molar-refractivity contribution in [3.05, 3.63) is 0 Å². The van der Waals surface area contributed by atoms with E-state index in [2.05, 4.69) is 10.6 Å². The molecule has 1 aliphatic carbocycles. The second-order valence-electron chi connectivity index (χ2n) is 3.66. The topological polar surface area (TPSA) is 41.1 Å². The average molecular weight is 170 g/mol. The van der Waals surface area contributed by atoms with Gasteiger partial charge in [-0.2, -0.15) is 0 Å². The number of carbonyl (C=O) groups is 1. The summed E-state index contributed by atoms with van der Waals surface area (Å²) in [5.41, 5.74) is 0.388. The maximum absolute atomic E-state index is 11.0. The van der Waals surface area contributed by atoms with Gasteiger partial charge in [-0.25, -0.2) is 0 Å². The Bertz CT molecular complexity index is 164. The maximum Gasteiger partial charge on any atom is 0.219 e. The molecule has 0 heterocycles. The Labute approximate surface area is 73.9 Å². The third-order valence-corrected chi connectivity index (χ3v) is 2.49. The molecule has 0 aliphatic heterocycles. The van der Waals surface area contributed by atoms with Crippen molar-refractivity contribution < 1.29 is 4.79 Å². The minimum Gasteiger partial charge on any atom is -0.356 e. The predicted octanol–water partition coefficient (Wildman–Crippen LogP) is 0.512. The van der Waals surface area contributed by atoms with Gasteiger partial charge >= 0.3 is 0 Å². The molecule has 1 rings (SSSR count). The maximum atomic E-state index is 11.0. The number of hydrogen-bond acceptors (Lipinski definition) is 2. The quantitative estimate of drug-likeness (QED) is 0.631. The molecule has 0 aromatic rings. The van der Waals surface area contributed by atoms with Crippen LogP contribution in [0.25, 0.3) is 0 Å². The lowest BCUT2D eigenvalue weighted by atomic mass is 10.1. The van der Waals surface area contributed by atoms with Crippen LogP contribution in [0.1, 0.15) is 26.2 Å². The van der Waals surface area contributed by atoms with Crippen LogP contribution in [-0.4, -0.2) is 26.0 Å². The number of amides is 1. The van der Waals surface area contributed by atoms with E-state index in [0.29, 0.717) is 11.8 Å². The highest BCUT2D eigenvalue weighted by Crippen LogP contribution is 2.44. The molecule has 1 saturated carbocycles.